The highest BCUT2D eigenvalue weighted by molar-refractivity contribution is 6.05. The molecule has 3 rings (SSSR count). The van der Waals surface area contributed by atoms with Crippen molar-refractivity contribution >= 4 is 28.6 Å². The van der Waals surface area contributed by atoms with Crippen LogP contribution < -0.4 is 11.1 Å². The number of carbonyl (C=O) groups is 3. The molecular formula is C27H37N3O5. The summed E-state index contributed by atoms with van der Waals surface area (Å²) in [4.78, 5) is 39.4. The number of carboxylic acid groups (broad SMARTS) is 1. The summed E-state index contributed by atoms with van der Waals surface area (Å²) in [6.45, 7) is 5.07. The first kappa shape index (κ1) is 26.6. The number of hydrogen-bond donors (Lipinski definition) is 3. The maximum absolute atomic E-state index is 13.5. The van der Waals surface area contributed by atoms with E-state index in [1.807, 2.05) is 43.3 Å². The van der Waals surface area contributed by atoms with Gasteiger partial charge in [-0.05, 0) is 74.0 Å². The van der Waals surface area contributed by atoms with E-state index in [-0.39, 0.29) is 24.5 Å². The fourth-order valence-corrected chi connectivity index (χ4v) is 4.86. The summed E-state index contributed by atoms with van der Waals surface area (Å²) >= 11 is 0. The Hall–Kier alpha value is -2.97. The summed E-state index contributed by atoms with van der Waals surface area (Å²) in [7, 11) is 0. The van der Waals surface area contributed by atoms with Crippen LogP contribution in [0.4, 0.5) is 0 Å². The van der Waals surface area contributed by atoms with Crippen molar-refractivity contribution in [3.05, 3.63) is 47.5 Å². The minimum absolute atomic E-state index is 0.184. The molecule has 0 radical (unpaired) electrons. The Morgan fingerprint density at radius 2 is 1.97 bits per heavy atom. The van der Waals surface area contributed by atoms with Crippen molar-refractivity contribution in [1.29, 1.82) is 0 Å². The number of nitrogens with one attached hydrogen (secondary N) is 1. The molecule has 1 aliphatic rings. The minimum atomic E-state index is -0.961. The van der Waals surface area contributed by atoms with Crippen LogP contribution in [0, 0.1) is 0 Å². The van der Waals surface area contributed by atoms with E-state index in [2.05, 4.69) is 5.32 Å². The number of nitrogens with zero attached hydrogens (tertiary/aromatic N) is 1. The van der Waals surface area contributed by atoms with E-state index in [9.17, 15) is 19.5 Å². The molecule has 0 bridgehead atoms. The quantitative estimate of drug-likeness (QED) is 0.311. The van der Waals surface area contributed by atoms with Gasteiger partial charge in [-0.15, -0.1) is 0 Å². The molecule has 2 aromatic carbocycles. The summed E-state index contributed by atoms with van der Waals surface area (Å²) in [5, 5.41) is 14.8. The maximum atomic E-state index is 13.5. The number of carbonyl (C=O) groups excluding carboxylic acids is 2. The normalized spacial score (nSPS) is 17.3. The predicted molar refractivity (Wildman–Crippen MR) is 135 cm³/mol. The van der Waals surface area contributed by atoms with Crippen LogP contribution in [-0.2, 0) is 14.3 Å². The lowest BCUT2D eigenvalue weighted by atomic mass is 9.94. The third-order valence-electron chi connectivity index (χ3n) is 6.66. The van der Waals surface area contributed by atoms with Gasteiger partial charge >= 0.3 is 11.9 Å². The second-order valence-electron chi connectivity index (χ2n) is 9.00. The summed E-state index contributed by atoms with van der Waals surface area (Å²) in [5.41, 5.74) is 7.07. The van der Waals surface area contributed by atoms with E-state index < -0.39 is 18.1 Å². The molecule has 35 heavy (non-hydrogen) atoms. The molecule has 0 aliphatic carbocycles. The number of rotatable bonds is 12. The molecule has 3 atom stereocenters. The number of amides is 1. The minimum Gasteiger partial charge on any atom is -0.480 e. The molecule has 1 unspecified atom stereocenters. The van der Waals surface area contributed by atoms with E-state index in [4.69, 9.17) is 10.5 Å². The first-order valence-corrected chi connectivity index (χ1v) is 12.6. The van der Waals surface area contributed by atoms with Gasteiger partial charge in [-0.2, -0.15) is 0 Å². The van der Waals surface area contributed by atoms with Gasteiger partial charge in [0, 0.05) is 12.6 Å². The van der Waals surface area contributed by atoms with Crippen LogP contribution in [0.1, 0.15) is 74.3 Å². The van der Waals surface area contributed by atoms with E-state index in [0.29, 0.717) is 44.3 Å². The lowest BCUT2D eigenvalue weighted by molar-refractivity contribution is -0.149. The molecule has 0 spiro atoms. The van der Waals surface area contributed by atoms with Gasteiger partial charge in [0.15, 0.2) is 0 Å². The SMILES string of the molecule is CCOC(=O)c1cc(C(CC)N[C@@H](CCCCN)C(=O)N2CCC[C@H]2C(=O)O)cc2ccccc12. The average molecular weight is 484 g/mol. The number of esters is 1. The Morgan fingerprint density at radius 3 is 2.66 bits per heavy atom. The fourth-order valence-electron chi connectivity index (χ4n) is 4.86. The molecule has 1 amide bonds. The van der Waals surface area contributed by atoms with Gasteiger partial charge in [0.1, 0.15) is 6.04 Å². The van der Waals surface area contributed by atoms with Gasteiger partial charge < -0.3 is 20.5 Å². The highest BCUT2D eigenvalue weighted by Gasteiger charge is 2.37. The zero-order valence-electron chi connectivity index (χ0n) is 20.7. The molecule has 8 heteroatoms. The lowest BCUT2D eigenvalue weighted by Crippen LogP contribution is -2.51. The first-order chi connectivity index (χ1) is 16.9. The van der Waals surface area contributed by atoms with Crippen molar-refractivity contribution in [3.63, 3.8) is 0 Å². The van der Waals surface area contributed by atoms with Crippen molar-refractivity contribution in [2.24, 2.45) is 5.73 Å². The molecule has 0 aromatic heterocycles. The van der Waals surface area contributed by atoms with Crippen molar-refractivity contribution in [3.8, 4) is 0 Å². The average Bonchev–Trinajstić information content (AvgIpc) is 3.36. The number of likely N-dealkylation sites (tertiary alicyclic amines) is 1. The predicted octanol–water partition coefficient (Wildman–Crippen LogP) is 3.63. The smallest absolute Gasteiger partial charge is 0.338 e. The van der Waals surface area contributed by atoms with E-state index >= 15 is 0 Å². The zero-order valence-corrected chi connectivity index (χ0v) is 20.7. The number of nitrogens with two attached hydrogens (primary N) is 1. The van der Waals surface area contributed by atoms with Crippen LogP contribution >= 0.6 is 0 Å². The lowest BCUT2D eigenvalue weighted by Gasteiger charge is -2.30. The molecule has 0 saturated carbocycles. The number of benzene rings is 2. The largest absolute Gasteiger partial charge is 0.480 e. The van der Waals surface area contributed by atoms with E-state index in [0.717, 1.165) is 29.2 Å². The monoisotopic (exact) mass is 483 g/mol. The summed E-state index contributed by atoms with van der Waals surface area (Å²) in [6, 6.07) is 10.0. The number of carboxylic acids is 1. The van der Waals surface area contributed by atoms with Gasteiger partial charge in [0.2, 0.25) is 5.91 Å². The second kappa shape index (κ2) is 12.7. The Bertz CT molecular complexity index is 1040. The van der Waals surface area contributed by atoms with Gasteiger partial charge in [0.05, 0.1) is 18.2 Å². The van der Waals surface area contributed by atoms with Crippen LogP contribution in [0.3, 0.4) is 0 Å². The molecular weight excluding hydrogens is 446 g/mol. The Labute approximate surface area is 206 Å². The summed E-state index contributed by atoms with van der Waals surface area (Å²) in [5.74, 6) is -1.52. The van der Waals surface area contributed by atoms with Crippen LogP contribution in [0.2, 0.25) is 0 Å². The Morgan fingerprint density at radius 1 is 1.20 bits per heavy atom. The van der Waals surface area contributed by atoms with Crippen molar-refractivity contribution in [2.45, 2.75) is 70.5 Å². The van der Waals surface area contributed by atoms with Crippen molar-refractivity contribution in [2.75, 3.05) is 19.7 Å². The van der Waals surface area contributed by atoms with Crippen LogP contribution in [0.5, 0.6) is 0 Å². The van der Waals surface area contributed by atoms with E-state index in [1.54, 1.807) is 6.92 Å². The second-order valence-corrected chi connectivity index (χ2v) is 9.00. The molecule has 1 saturated heterocycles. The topological polar surface area (TPSA) is 122 Å². The van der Waals surface area contributed by atoms with Crippen LogP contribution in [-0.4, -0.2) is 59.6 Å². The number of fused-ring (bicyclic) bond motifs is 1. The molecule has 1 aliphatic heterocycles. The zero-order chi connectivity index (χ0) is 25.4. The summed E-state index contributed by atoms with van der Waals surface area (Å²) < 4.78 is 5.30. The van der Waals surface area contributed by atoms with Crippen molar-refractivity contribution in [1.82, 2.24) is 10.2 Å². The third-order valence-corrected chi connectivity index (χ3v) is 6.66. The highest BCUT2D eigenvalue weighted by Crippen LogP contribution is 2.28. The van der Waals surface area contributed by atoms with Crippen LogP contribution in [0.15, 0.2) is 36.4 Å². The number of aliphatic carboxylic acids is 1. The Kier molecular flexibility index (Phi) is 9.63. The standard InChI is InChI=1S/C27H37N3O5/c1-3-22(19-16-18-10-5-6-11-20(18)21(17-19)27(34)35-4-2)29-23(12-7-8-14-28)25(31)30-15-9-13-24(30)26(32)33/h5-6,10-11,16-17,22-24,29H,3-4,7-9,12-15,28H2,1-2H3,(H,32,33)/t22?,23-,24-/m0/s1. The molecule has 4 N–H and O–H groups in total. The number of hydrogen-bond acceptors (Lipinski definition) is 6. The van der Waals surface area contributed by atoms with E-state index in [1.165, 1.54) is 4.90 Å². The molecule has 2 aromatic rings. The maximum Gasteiger partial charge on any atom is 0.338 e. The Balaban J connectivity index is 1.93. The first-order valence-electron chi connectivity index (χ1n) is 12.6. The summed E-state index contributed by atoms with van der Waals surface area (Å²) in [6.07, 6.45) is 3.95. The van der Waals surface area contributed by atoms with Gasteiger partial charge in [0.25, 0.3) is 0 Å². The van der Waals surface area contributed by atoms with Crippen LogP contribution in [0.25, 0.3) is 10.8 Å². The number of unbranched alkanes of at least 4 members (excludes halogenated alkanes) is 1. The van der Waals surface area contributed by atoms with Gasteiger partial charge in [-0.1, -0.05) is 37.6 Å². The molecule has 1 heterocycles. The molecule has 190 valence electrons. The molecule has 1 fully saturated rings. The van der Waals surface area contributed by atoms with Crippen molar-refractivity contribution < 1.29 is 24.2 Å². The highest BCUT2D eigenvalue weighted by atomic mass is 16.5. The molecule has 8 nitrogen and oxygen atoms in total. The van der Waals surface area contributed by atoms with Gasteiger partial charge in [-0.3, -0.25) is 10.1 Å². The third kappa shape index (κ3) is 6.38. The fraction of sp³-hybridized carbons (Fsp3) is 0.519. The van der Waals surface area contributed by atoms with Gasteiger partial charge in [-0.25, -0.2) is 9.59 Å². The number of ether oxygens (including phenoxy) is 1.